The average molecular weight is 421 g/mol. The summed E-state index contributed by atoms with van der Waals surface area (Å²) in [6.07, 6.45) is 2.22. The van der Waals surface area contributed by atoms with Crippen LogP contribution >= 0.6 is 0 Å². The zero-order chi connectivity index (χ0) is 22.0. The molecule has 31 heavy (non-hydrogen) atoms. The molecule has 0 unspecified atom stereocenters. The number of carbonyl (C=O) groups is 1. The van der Waals surface area contributed by atoms with E-state index in [0.29, 0.717) is 58.3 Å². The third kappa shape index (κ3) is 3.96. The number of hydrogen-bond donors (Lipinski definition) is 0. The van der Waals surface area contributed by atoms with E-state index in [4.69, 9.17) is 18.4 Å². The summed E-state index contributed by atoms with van der Waals surface area (Å²) in [6, 6.07) is 11.0. The maximum absolute atomic E-state index is 13.3. The summed E-state index contributed by atoms with van der Waals surface area (Å²) in [5.41, 5.74) is 2.96. The molecule has 0 radical (unpaired) electrons. The minimum absolute atomic E-state index is 0.146. The van der Waals surface area contributed by atoms with Gasteiger partial charge in [0.25, 0.3) is 11.6 Å². The molecule has 0 aliphatic heterocycles. The van der Waals surface area contributed by atoms with Gasteiger partial charge in [0.05, 0.1) is 37.1 Å². The van der Waals surface area contributed by atoms with Crippen molar-refractivity contribution in [3.8, 4) is 23.0 Å². The lowest BCUT2D eigenvalue weighted by atomic mass is 10.1. The van der Waals surface area contributed by atoms with Gasteiger partial charge in [-0.2, -0.15) is 0 Å². The van der Waals surface area contributed by atoms with Crippen molar-refractivity contribution < 1.29 is 23.2 Å². The Balaban J connectivity index is 1.59. The molecular formula is C23H23N3O5. The summed E-state index contributed by atoms with van der Waals surface area (Å²) in [5.74, 6) is 1.74. The highest BCUT2D eigenvalue weighted by Gasteiger charge is 2.22. The maximum atomic E-state index is 13.3. The minimum atomic E-state index is -0.146. The molecule has 8 nitrogen and oxygen atoms in total. The molecule has 0 bridgehead atoms. The Bertz CT molecular complexity index is 1210. The molecule has 0 atom stereocenters. The zero-order valence-electron chi connectivity index (χ0n) is 17.8. The van der Waals surface area contributed by atoms with Gasteiger partial charge >= 0.3 is 0 Å². The number of likely N-dealkylation sites (N-methyl/N-ethyl adjacent to an activating group) is 1. The number of amides is 1. The molecule has 3 heterocycles. The van der Waals surface area contributed by atoms with Gasteiger partial charge in [0, 0.05) is 13.6 Å². The van der Waals surface area contributed by atoms with E-state index in [0.717, 1.165) is 5.56 Å². The fourth-order valence-corrected chi connectivity index (χ4v) is 3.45. The first-order valence-electron chi connectivity index (χ1n) is 9.79. The maximum Gasteiger partial charge on any atom is 0.259 e. The molecule has 0 saturated heterocycles. The Morgan fingerprint density at radius 1 is 1.13 bits per heavy atom. The van der Waals surface area contributed by atoms with Crippen molar-refractivity contribution in [2.24, 2.45) is 0 Å². The van der Waals surface area contributed by atoms with Gasteiger partial charge in [-0.25, -0.2) is 4.98 Å². The van der Waals surface area contributed by atoms with Crippen LogP contribution in [0.25, 0.3) is 22.6 Å². The number of nitrogens with zero attached hydrogens (tertiary/aromatic N) is 3. The van der Waals surface area contributed by atoms with Gasteiger partial charge < -0.3 is 23.3 Å². The van der Waals surface area contributed by atoms with Gasteiger partial charge in [-0.15, -0.1) is 0 Å². The standard InChI is InChI=1S/C23H23N3O5/c1-14-21-16(13-17(18-6-5-11-30-18)24-22(21)31-25-14)23(27)26(2)10-9-15-7-8-19(28-3)20(12-15)29-4/h5-8,11-13H,9-10H2,1-4H3. The third-order valence-corrected chi connectivity index (χ3v) is 5.15. The van der Waals surface area contributed by atoms with Crippen LogP contribution in [0.2, 0.25) is 0 Å². The van der Waals surface area contributed by atoms with Crippen molar-refractivity contribution >= 4 is 17.0 Å². The molecule has 160 valence electrons. The summed E-state index contributed by atoms with van der Waals surface area (Å²) in [6.45, 7) is 2.30. The summed E-state index contributed by atoms with van der Waals surface area (Å²) >= 11 is 0. The SMILES string of the molecule is COc1ccc(CCN(C)C(=O)c2cc(-c3ccco3)nc3onc(C)c23)cc1OC. The lowest BCUT2D eigenvalue weighted by Gasteiger charge is -2.18. The first-order chi connectivity index (χ1) is 15.0. The molecule has 8 heteroatoms. The lowest BCUT2D eigenvalue weighted by molar-refractivity contribution is 0.0798. The molecule has 3 aromatic heterocycles. The molecule has 0 N–H and O–H groups in total. The fourth-order valence-electron chi connectivity index (χ4n) is 3.45. The molecule has 0 aliphatic carbocycles. The van der Waals surface area contributed by atoms with Crippen LogP contribution in [0.5, 0.6) is 11.5 Å². The predicted octanol–water partition coefficient (Wildman–Crippen LogP) is 4.12. The topological polar surface area (TPSA) is 90.8 Å². The molecular weight excluding hydrogens is 398 g/mol. The summed E-state index contributed by atoms with van der Waals surface area (Å²) in [5, 5.41) is 4.59. The Morgan fingerprint density at radius 3 is 2.65 bits per heavy atom. The first-order valence-corrected chi connectivity index (χ1v) is 9.79. The summed E-state index contributed by atoms with van der Waals surface area (Å²) in [4.78, 5) is 19.4. The van der Waals surface area contributed by atoms with E-state index >= 15 is 0 Å². The number of ether oxygens (including phenoxy) is 2. The minimum Gasteiger partial charge on any atom is -0.493 e. The number of rotatable bonds is 7. The predicted molar refractivity (Wildman–Crippen MR) is 114 cm³/mol. The van der Waals surface area contributed by atoms with Crippen LogP contribution in [0.3, 0.4) is 0 Å². The van der Waals surface area contributed by atoms with Gasteiger partial charge in [0.1, 0.15) is 5.69 Å². The van der Waals surface area contributed by atoms with Crippen LogP contribution in [0, 0.1) is 6.92 Å². The first kappa shape index (κ1) is 20.5. The van der Waals surface area contributed by atoms with Crippen molar-refractivity contribution in [2.45, 2.75) is 13.3 Å². The number of furan rings is 1. The Hall–Kier alpha value is -3.81. The second-order valence-corrected chi connectivity index (χ2v) is 7.15. The molecule has 0 saturated carbocycles. The molecule has 0 fully saturated rings. The zero-order valence-corrected chi connectivity index (χ0v) is 17.8. The number of hydrogen-bond acceptors (Lipinski definition) is 7. The van der Waals surface area contributed by atoms with Crippen LogP contribution < -0.4 is 9.47 Å². The van der Waals surface area contributed by atoms with Gasteiger partial charge in [0.15, 0.2) is 17.3 Å². The van der Waals surface area contributed by atoms with Crippen molar-refractivity contribution in [3.05, 3.63) is 59.5 Å². The highest BCUT2D eigenvalue weighted by Crippen LogP contribution is 2.29. The van der Waals surface area contributed by atoms with Crippen LogP contribution in [-0.4, -0.2) is 48.8 Å². The van der Waals surface area contributed by atoms with E-state index < -0.39 is 0 Å². The van der Waals surface area contributed by atoms with E-state index in [1.54, 1.807) is 57.6 Å². The van der Waals surface area contributed by atoms with Crippen molar-refractivity contribution in [1.82, 2.24) is 15.0 Å². The van der Waals surface area contributed by atoms with E-state index in [9.17, 15) is 4.79 Å². The van der Waals surface area contributed by atoms with E-state index in [1.165, 1.54) is 0 Å². The van der Waals surface area contributed by atoms with E-state index in [-0.39, 0.29) is 5.91 Å². The van der Waals surface area contributed by atoms with Crippen molar-refractivity contribution in [1.29, 1.82) is 0 Å². The van der Waals surface area contributed by atoms with Crippen LogP contribution in [0.4, 0.5) is 0 Å². The van der Waals surface area contributed by atoms with Crippen molar-refractivity contribution in [2.75, 3.05) is 27.8 Å². The van der Waals surface area contributed by atoms with Gasteiger partial charge in [-0.05, 0) is 49.2 Å². The number of benzene rings is 1. The van der Waals surface area contributed by atoms with Crippen LogP contribution in [0.1, 0.15) is 21.6 Å². The average Bonchev–Trinajstić information content (AvgIpc) is 3.46. The van der Waals surface area contributed by atoms with Gasteiger partial charge in [-0.1, -0.05) is 11.2 Å². The Labute approximate surface area is 179 Å². The fraction of sp³-hybridized carbons (Fsp3) is 0.261. The number of methoxy groups -OCH3 is 2. The summed E-state index contributed by atoms with van der Waals surface area (Å²) < 4.78 is 21.4. The monoisotopic (exact) mass is 421 g/mol. The Morgan fingerprint density at radius 2 is 1.94 bits per heavy atom. The third-order valence-electron chi connectivity index (χ3n) is 5.15. The second-order valence-electron chi connectivity index (χ2n) is 7.15. The molecule has 4 aromatic rings. The quantitative estimate of drug-likeness (QED) is 0.443. The lowest BCUT2D eigenvalue weighted by Crippen LogP contribution is -2.29. The number of pyridine rings is 1. The van der Waals surface area contributed by atoms with Gasteiger partial charge in [-0.3, -0.25) is 4.79 Å². The number of aromatic nitrogens is 2. The number of fused-ring (bicyclic) bond motifs is 1. The van der Waals surface area contributed by atoms with Crippen molar-refractivity contribution in [3.63, 3.8) is 0 Å². The van der Waals surface area contributed by atoms with E-state index in [1.807, 2.05) is 18.2 Å². The molecule has 4 rings (SSSR count). The van der Waals surface area contributed by atoms with Crippen LogP contribution in [-0.2, 0) is 6.42 Å². The number of aryl methyl sites for hydroxylation is 1. The number of carbonyl (C=O) groups excluding carboxylic acids is 1. The molecule has 1 aromatic carbocycles. The van der Waals surface area contributed by atoms with Gasteiger partial charge in [0.2, 0.25) is 0 Å². The molecule has 1 amide bonds. The molecule has 0 aliphatic rings. The van der Waals surface area contributed by atoms with Crippen LogP contribution in [0.15, 0.2) is 51.6 Å². The normalized spacial score (nSPS) is 11.0. The van der Waals surface area contributed by atoms with E-state index in [2.05, 4.69) is 10.1 Å². The highest BCUT2D eigenvalue weighted by atomic mass is 16.5. The highest BCUT2D eigenvalue weighted by molar-refractivity contribution is 6.06. The smallest absolute Gasteiger partial charge is 0.259 e. The summed E-state index contributed by atoms with van der Waals surface area (Å²) in [7, 11) is 4.97. The Kier molecular flexibility index (Phi) is 5.62. The molecule has 0 spiro atoms. The second kappa shape index (κ2) is 8.51. The largest absolute Gasteiger partial charge is 0.493 e.